The van der Waals surface area contributed by atoms with Crippen LogP contribution in [0.1, 0.15) is 42.4 Å². The van der Waals surface area contributed by atoms with Crippen LogP contribution in [0, 0.1) is 6.92 Å². The first-order valence-corrected chi connectivity index (χ1v) is 11.1. The summed E-state index contributed by atoms with van der Waals surface area (Å²) < 4.78 is 25.3. The summed E-state index contributed by atoms with van der Waals surface area (Å²) in [5.41, 5.74) is 2.78. The smallest absolute Gasteiger partial charge is 0.259 e. The first-order valence-electron chi connectivity index (χ1n) is 9.04. The molecular weight excluding hydrogens is 406 g/mol. The maximum Gasteiger partial charge on any atom is 0.259 e. The van der Waals surface area contributed by atoms with Gasteiger partial charge in [0.25, 0.3) is 5.91 Å². The summed E-state index contributed by atoms with van der Waals surface area (Å²) in [5.74, 6) is -0.413. The zero-order chi connectivity index (χ0) is 21.2. The highest BCUT2D eigenvalue weighted by atomic mass is 32.2. The first kappa shape index (κ1) is 21.0. The van der Waals surface area contributed by atoms with E-state index in [2.05, 4.69) is 10.3 Å². The molecule has 3 rings (SSSR count). The molecule has 1 heterocycles. The number of hydrogen-bond acceptors (Lipinski definition) is 5. The molecule has 8 heteroatoms. The van der Waals surface area contributed by atoms with Crippen molar-refractivity contribution in [2.75, 3.05) is 9.62 Å². The number of aromatic nitrogens is 1. The van der Waals surface area contributed by atoms with Crippen molar-refractivity contribution in [2.24, 2.45) is 0 Å². The van der Waals surface area contributed by atoms with E-state index in [1.54, 1.807) is 36.4 Å². The van der Waals surface area contributed by atoms with Crippen LogP contribution in [0.3, 0.4) is 0 Å². The highest BCUT2D eigenvalue weighted by Crippen LogP contribution is 2.31. The van der Waals surface area contributed by atoms with E-state index < -0.39 is 16.8 Å². The lowest BCUT2D eigenvalue weighted by atomic mass is 9.93. The number of thiol groups is 1. The minimum absolute atomic E-state index is 0.124. The average Bonchev–Trinajstić information content (AvgIpc) is 3.12. The van der Waals surface area contributed by atoms with Crippen molar-refractivity contribution in [3.63, 3.8) is 0 Å². The molecule has 29 heavy (non-hydrogen) atoms. The van der Waals surface area contributed by atoms with Gasteiger partial charge in [0.05, 0.1) is 22.6 Å². The fourth-order valence-electron chi connectivity index (χ4n) is 2.70. The van der Waals surface area contributed by atoms with E-state index in [0.717, 1.165) is 15.6 Å². The second-order valence-corrected chi connectivity index (χ2v) is 9.38. The normalized spacial score (nSPS) is 11.5. The number of thiazole rings is 1. The molecule has 0 atom stereocenters. The Hall–Kier alpha value is -2.71. The van der Waals surface area contributed by atoms with Crippen LogP contribution in [0.4, 0.5) is 16.5 Å². The summed E-state index contributed by atoms with van der Waals surface area (Å²) in [5, 5.41) is 5.18. The van der Waals surface area contributed by atoms with Gasteiger partial charge in [0.1, 0.15) is 0 Å². The average molecular weight is 430 g/mol. The number of nitrogens with one attached hydrogen (secondary N) is 1. The molecule has 0 saturated heterocycles. The van der Waals surface area contributed by atoms with E-state index in [-0.39, 0.29) is 16.7 Å². The number of nitrogens with zero attached hydrogens (tertiary/aromatic N) is 2. The molecule has 1 amide bonds. The van der Waals surface area contributed by atoms with Crippen LogP contribution in [0.25, 0.3) is 0 Å². The highest BCUT2D eigenvalue weighted by molar-refractivity contribution is 7.74. The van der Waals surface area contributed by atoms with Crippen molar-refractivity contribution >= 4 is 44.6 Å². The quantitative estimate of drug-likeness (QED) is 0.578. The van der Waals surface area contributed by atoms with Gasteiger partial charge in [0.15, 0.2) is 5.13 Å². The van der Waals surface area contributed by atoms with Crippen molar-refractivity contribution < 1.29 is 13.2 Å². The minimum atomic E-state index is -3.00. The number of carbonyl (C=O) groups is 1. The van der Waals surface area contributed by atoms with Crippen LogP contribution < -0.4 is 9.62 Å². The Morgan fingerprint density at radius 3 is 2.31 bits per heavy atom. The van der Waals surface area contributed by atoms with Crippen LogP contribution in [-0.2, 0) is 16.3 Å². The molecular formula is C21H23N3O3S2. The zero-order valence-electron chi connectivity index (χ0n) is 16.7. The summed E-state index contributed by atoms with van der Waals surface area (Å²) in [6, 6.07) is 13.7. The van der Waals surface area contributed by atoms with Gasteiger partial charge in [0, 0.05) is 10.8 Å². The molecule has 0 bridgehead atoms. The molecule has 152 valence electrons. The number of para-hydroxylation sites is 1. The topological polar surface area (TPSA) is 79.4 Å². The van der Waals surface area contributed by atoms with Gasteiger partial charge in [-0.3, -0.25) is 10.1 Å². The van der Waals surface area contributed by atoms with Gasteiger partial charge in [-0.25, -0.2) is 17.7 Å². The molecule has 2 aromatic carbocycles. The van der Waals surface area contributed by atoms with Crippen LogP contribution >= 0.6 is 11.3 Å². The number of anilines is 3. The predicted octanol–water partition coefficient (Wildman–Crippen LogP) is 4.67. The number of aryl methyl sites for hydroxylation is 1. The van der Waals surface area contributed by atoms with E-state index >= 15 is 0 Å². The SMILES string of the molecule is Cc1ccc(N(c2ccccc2C(=O)Nc2nc(C(C)(C)C)cs2)[SH](=O)=O)cc1. The third-order valence-corrected chi connectivity index (χ3v) is 5.84. The summed E-state index contributed by atoms with van der Waals surface area (Å²) in [4.78, 5) is 17.4. The number of hydrogen-bond donors (Lipinski definition) is 2. The third-order valence-electron chi connectivity index (χ3n) is 4.31. The summed E-state index contributed by atoms with van der Waals surface area (Å²) in [6.45, 7) is 8.07. The minimum Gasteiger partial charge on any atom is -0.298 e. The lowest BCUT2D eigenvalue weighted by molar-refractivity contribution is 0.102. The highest BCUT2D eigenvalue weighted by Gasteiger charge is 2.22. The van der Waals surface area contributed by atoms with E-state index in [0.29, 0.717) is 10.8 Å². The van der Waals surface area contributed by atoms with Gasteiger partial charge in [0.2, 0.25) is 10.9 Å². The van der Waals surface area contributed by atoms with Crippen LogP contribution in [0.2, 0.25) is 0 Å². The van der Waals surface area contributed by atoms with Crippen molar-refractivity contribution in [2.45, 2.75) is 33.1 Å². The number of amides is 1. The fraction of sp³-hybridized carbons (Fsp3) is 0.238. The van der Waals surface area contributed by atoms with Gasteiger partial charge in [-0.1, -0.05) is 50.6 Å². The van der Waals surface area contributed by atoms with Gasteiger partial charge in [-0.05, 0) is 31.2 Å². The second-order valence-electron chi connectivity index (χ2n) is 7.64. The van der Waals surface area contributed by atoms with E-state index in [1.807, 2.05) is 45.2 Å². The Balaban J connectivity index is 1.96. The zero-order valence-corrected chi connectivity index (χ0v) is 18.4. The van der Waals surface area contributed by atoms with Gasteiger partial charge in [-0.2, -0.15) is 0 Å². The molecule has 0 aliphatic rings. The molecule has 0 fully saturated rings. The molecule has 0 saturated carbocycles. The van der Waals surface area contributed by atoms with E-state index in [1.165, 1.54) is 11.3 Å². The molecule has 0 aliphatic carbocycles. The standard InChI is InChI=1S/C21H23N3O3S2/c1-14-9-11-15(12-10-14)24(29(26)27)17-8-6-5-7-16(17)19(25)23-20-22-18(13-28-20)21(2,3)4/h5-13,29H,1-4H3,(H,22,23,25). The maximum atomic E-state index is 12.9. The van der Waals surface area contributed by atoms with Crippen molar-refractivity contribution in [1.82, 2.24) is 4.98 Å². The summed E-state index contributed by atoms with van der Waals surface area (Å²) in [7, 11) is -3.00. The summed E-state index contributed by atoms with van der Waals surface area (Å²) in [6.07, 6.45) is 0. The molecule has 1 aromatic heterocycles. The Bertz CT molecular complexity index is 1090. The van der Waals surface area contributed by atoms with Gasteiger partial charge in [-0.15, -0.1) is 11.3 Å². The van der Waals surface area contributed by atoms with Crippen molar-refractivity contribution in [1.29, 1.82) is 0 Å². The summed E-state index contributed by atoms with van der Waals surface area (Å²) >= 11 is 1.34. The van der Waals surface area contributed by atoms with Gasteiger partial charge < -0.3 is 0 Å². The van der Waals surface area contributed by atoms with Crippen molar-refractivity contribution in [3.8, 4) is 0 Å². The number of rotatable bonds is 5. The molecule has 0 aliphatic heterocycles. The molecule has 6 nitrogen and oxygen atoms in total. The monoisotopic (exact) mass is 429 g/mol. The number of benzene rings is 2. The molecule has 0 radical (unpaired) electrons. The lowest BCUT2D eigenvalue weighted by Gasteiger charge is -2.20. The van der Waals surface area contributed by atoms with Crippen molar-refractivity contribution in [3.05, 3.63) is 70.7 Å². The Kier molecular flexibility index (Phi) is 6.04. The number of carbonyl (C=O) groups excluding carboxylic acids is 1. The third kappa shape index (κ3) is 4.83. The Labute approximate surface area is 176 Å². The lowest BCUT2D eigenvalue weighted by Crippen LogP contribution is -2.21. The van der Waals surface area contributed by atoms with Crippen LogP contribution in [0.5, 0.6) is 0 Å². The van der Waals surface area contributed by atoms with E-state index in [9.17, 15) is 13.2 Å². The predicted molar refractivity (Wildman–Crippen MR) is 119 cm³/mol. The van der Waals surface area contributed by atoms with Gasteiger partial charge >= 0.3 is 0 Å². The van der Waals surface area contributed by atoms with Crippen LogP contribution in [0.15, 0.2) is 53.9 Å². The fourth-order valence-corrected chi connectivity index (χ4v) is 4.30. The Morgan fingerprint density at radius 1 is 1.07 bits per heavy atom. The van der Waals surface area contributed by atoms with Crippen LogP contribution in [-0.4, -0.2) is 19.3 Å². The Morgan fingerprint density at radius 2 is 1.72 bits per heavy atom. The molecule has 0 unspecified atom stereocenters. The maximum absolute atomic E-state index is 12.9. The first-order chi connectivity index (χ1) is 13.7. The second kappa shape index (κ2) is 8.34. The van der Waals surface area contributed by atoms with E-state index in [4.69, 9.17) is 0 Å². The molecule has 3 aromatic rings. The molecule has 1 N–H and O–H groups in total. The molecule has 0 spiro atoms. The largest absolute Gasteiger partial charge is 0.298 e.